The highest BCUT2D eigenvalue weighted by Crippen LogP contribution is 2.17. The molecule has 3 aromatic rings. The Morgan fingerprint density at radius 3 is 2.43 bits per heavy atom. The summed E-state index contributed by atoms with van der Waals surface area (Å²) in [6.07, 6.45) is 2.99. The van der Waals surface area contributed by atoms with Crippen molar-refractivity contribution in [2.75, 3.05) is 11.9 Å². The first-order chi connectivity index (χ1) is 14.5. The molecule has 154 valence electrons. The van der Waals surface area contributed by atoms with Crippen LogP contribution in [0.5, 0.6) is 5.75 Å². The average molecular weight is 404 g/mol. The summed E-state index contributed by atoms with van der Waals surface area (Å²) in [5.74, 6) is 0.322. The minimum atomic E-state index is -0.465. The molecule has 3 rings (SSSR count). The summed E-state index contributed by atoms with van der Waals surface area (Å²) in [6, 6.07) is 15.8. The highest BCUT2D eigenvalue weighted by molar-refractivity contribution is 6.10. The van der Waals surface area contributed by atoms with Gasteiger partial charge in [-0.05, 0) is 80.4 Å². The lowest BCUT2D eigenvalue weighted by Crippen LogP contribution is -2.30. The van der Waals surface area contributed by atoms with Gasteiger partial charge in [0.1, 0.15) is 17.2 Å². The van der Waals surface area contributed by atoms with E-state index in [2.05, 4.69) is 10.6 Å². The SMILES string of the molecule is CCOc1ccc(NC(=O)C(=Cc2ccco2)NC(=O)c2ccc(C)c(C)c2)cc1. The summed E-state index contributed by atoms with van der Waals surface area (Å²) in [4.78, 5) is 25.6. The van der Waals surface area contributed by atoms with Crippen LogP contribution in [0, 0.1) is 13.8 Å². The van der Waals surface area contributed by atoms with Crippen molar-refractivity contribution in [3.05, 3.63) is 89.0 Å². The number of furan rings is 1. The molecule has 2 N–H and O–H groups in total. The molecule has 0 unspecified atom stereocenters. The van der Waals surface area contributed by atoms with E-state index in [-0.39, 0.29) is 11.6 Å². The van der Waals surface area contributed by atoms with E-state index < -0.39 is 5.91 Å². The normalized spacial score (nSPS) is 11.1. The van der Waals surface area contributed by atoms with Gasteiger partial charge in [-0.3, -0.25) is 9.59 Å². The summed E-state index contributed by atoms with van der Waals surface area (Å²) in [5.41, 5.74) is 3.21. The Hall–Kier alpha value is -3.80. The van der Waals surface area contributed by atoms with Crippen LogP contribution in [-0.2, 0) is 4.79 Å². The molecule has 2 aromatic carbocycles. The smallest absolute Gasteiger partial charge is 0.272 e. The molecule has 0 bridgehead atoms. The first-order valence-corrected chi connectivity index (χ1v) is 9.64. The van der Waals surface area contributed by atoms with Crippen LogP contribution in [0.15, 0.2) is 71.0 Å². The highest BCUT2D eigenvalue weighted by atomic mass is 16.5. The van der Waals surface area contributed by atoms with Crippen LogP contribution in [-0.4, -0.2) is 18.4 Å². The second kappa shape index (κ2) is 9.60. The molecule has 2 amide bonds. The molecule has 30 heavy (non-hydrogen) atoms. The number of carbonyl (C=O) groups is 2. The van der Waals surface area contributed by atoms with E-state index in [0.29, 0.717) is 29.4 Å². The van der Waals surface area contributed by atoms with Crippen LogP contribution >= 0.6 is 0 Å². The van der Waals surface area contributed by atoms with Crippen molar-refractivity contribution in [2.45, 2.75) is 20.8 Å². The van der Waals surface area contributed by atoms with Crippen molar-refractivity contribution in [3.63, 3.8) is 0 Å². The third-order valence-electron chi connectivity index (χ3n) is 4.51. The second-order valence-corrected chi connectivity index (χ2v) is 6.74. The number of ether oxygens (including phenoxy) is 1. The Bertz CT molecular complexity index is 1050. The monoisotopic (exact) mass is 404 g/mol. The summed E-state index contributed by atoms with van der Waals surface area (Å²) in [7, 11) is 0. The molecule has 0 radical (unpaired) electrons. The predicted octanol–water partition coefficient (Wildman–Crippen LogP) is 4.70. The number of amides is 2. The largest absolute Gasteiger partial charge is 0.494 e. The van der Waals surface area contributed by atoms with Crippen molar-refractivity contribution in [1.82, 2.24) is 5.32 Å². The standard InChI is InChI=1S/C24H24N2O4/c1-4-29-20-11-9-19(10-12-20)25-24(28)22(15-21-6-5-13-30-21)26-23(27)18-8-7-16(2)17(3)14-18/h5-15H,4H2,1-3H3,(H,25,28)(H,26,27). The van der Waals surface area contributed by atoms with Crippen molar-refractivity contribution in [1.29, 1.82) is 0 Å². The fourth-order valence-electron chi connectivity index (χ4n) is 2.75. The van der Waals surface area contributed by atoms with Gasteiger partial charge in [0.25, 0.3) is 11.8 Å². The molecule has 0 spiro atoms. The van der Waals surface area contributed by atoms with Gasteiger partial charge in [0, 0.05) is 17.3 Å². The van der Waals surface area contributed by atoms with Crippen molar-refractivity contribution in [3.8, 4) is 5.75 Å². The fraction of sp³-hybridized carbons (Fsp3) is 0.167. The van der Waals surface area contributed by atoms with Gasteiger partial charge in [0.2, 0.25) is 0 Å². The van der Waals surface area contributed by atoms with Gasteiger partial charge in [0.15, 0.2) is 0 Å². The van der Waals surface area contributed by atoms with Gasteiger partial charge >= 0.3 is 0 Å². The molecule has 0 atom stereocenters. The molecule has 0 saturated heterocycles. The molecule has 6 heteroatoms. The van der Waals surface area contributed by atoms with Crippen LogP contribution in [0.3, 0.4) is 0 Å². The van der Waals surface area contributed by atoms with E-state index in [4.69, 9.17) is 9.15 Å². The minimum Gasteiger partial charge on any atom is -0.494 e. The Labute approximate surface area is 175 Å². The molecule has 0 aliphatic rings. The second-order valence-electron chi connectivity index (χ2n) is 6.74. The zero-order chi connectivity index (χ0) is 21.5. The van der Waals surface area contributed by atoms with E-state index >= 15 is 0 Å². The Morgan fingerprint density at radius 1 is 1.03 bits per heavy atom. The number of anilines is 1. The number of hydrogen-bond acceptors (Lipinski definition) is 4. The molecule has 1 aromatic heterocycles. The minimum absolute atomic E-state index is 0.0714. The summed E-state index contributed by atoms with van der Waals surface area (Å²) < 4.78 is 10.7. The van der Waals surface area contributed by atoms with E-state index in [9.17, 15) is 9.59 Å². The number of benzene rings is 2. The molecule has 0 fully saturated rings. The molecule has 0 saturated carbocycles. The quantitative estimate of drug-likeness (QED) is 0.559. The number of hydrogen-bond donors (Lipinski definition) is 2. The van der Waals surface area contributed by atoms with E-state index in [1.165, 1.54) is 12.3 Å². The first kappa shape index (κ1) is 20.9. The Kier molecular flexibility index (Phi) is 6.70. The first-order valence-electron chi connectivity index (χ1n) is 9.64. The average Bonchev–Trinajstić information content (AvgIpc) is 3.24. The van der Waals surface area contributed by atoms with Gasteiger partial charge in [0.05, 0.1) is 12.9 Å². The van der Waals surface area contributed by atoms with Gasteiger partial charge in [-0.2, -0.15) is 0 Å². The van der Waals surface area contributed by atoms with Crippen LogP contribution in [0.4, 0.5) is 5.69 Å². The van der Waals surface area contributed by atoms with Crippen molar-refractivity contribution in [2.24, 2.45) is 0 Å². The number of aryl methyl sites for hydroxylation is 2. The number of nitrogens with one attached hydrogen (secondary N) is 2. The molecular formula is C24H24N2O4. The van der Waals surface area contributed by atoms with Gasteiger partial charge in [-0.25, -0.2) is 0 Å². The zero-order valence-corrected chi connectivity index (χ0v) is 17.2. The maximum absolute atomic E-state index is 12.9. The van der Waals surface area contributed by atoms with E-state index in [1.54, 1.807) is 48.5 Å². The predicted molar refractivity (Wildman–Crippen MR) is 116 cm³/mol. The van der Waals surface area contributed by atoms with Crippen molar-refractivity contribution >= 4 is 23.6 Å². The molecule has 6 nitrogen and oxygen atoms in total. The molecule has 1 heterocycles. The number of carbonyl (C=O) groups excluding carboxylic acids is 2. The third kappa shape index (κ3) is 5.38. The Morgan fingerprint density at radius 2 is 1.80 bits per heavy atom. The van der Waals surface area contributed by atoms with Crippen LogP contribution in [0.2, 0.25) is 0 Å². The molecule has 0 aliphatic carbocycles. The van der Waals surface area contributed by atoms with E-state index in [0.717, 1.165) is 11.1 Å². The lowest BCUT2D eigenvalue weighted by atomic mass is 10.1. The number of rotatable bonds is 7. The summed E-state index contributed by atoms with van der Waals surface area (Å²) in [5, 5.41) is 5.48. The zero-order valence-electron chi connectivity index (χ0n) is 17.2. The molecule has 0 aliphatic heterocycles. The third-order valence-corrected chi connectivity index (χ3v) is 4.51. The van der Waals surface area contributed by atoms with Gasteiger partial charge < -0.3 is 19.8 Å². The van der Waals surface area contributed by atoms with Gasteiger partial charge in [-0.15, -0.1) is 0 Å². The lowest BCUT2D eigenvalue weighted by Gasteiger charge is -2.12. The fourth-order valence-corrected chi connectivity index (χ4v) is 2.75. The maximum Gasteiger partial charge on any atom is 0.272 e. The topological polar surface area (TPSA) is 80.6 Å². The summed E-state index contributed by atoms with van der Waals surface area (Å²) in [6.45, 7) is 6.37. The molecular weight excluding hydrogens is 380 g/mol. The lowest BCUT2D eigenvalue weighted by molar-refractivity contribution is -0.113. The van der Waals surface area contributed by atoms with Crippen LogP contribution in [0.25, 0.3) is 6.08 Å². The maximum atomic E-state index is 12.9. The van der Waals surface area contributed by atoms with Crippen molar-refractivity contribution < 1.29 is 18.7 Å². The summed E-state index contributed by atoms with van der Waals surface area (Å²) >= 11 is 0. The highest BCUT2D eigenvalue weighted by Gasteiger charge is 2.16. The Balaban J connectivity index is 1.80. The van der Waals surface area contributed by atoms with E-state index in [1.807, 2.05) is 26.8 Å². The van der Waals surface area contributed by atoms with Crippen LogP contribution < -0.4 is 15.4 Å². The van der Waals surface area contributed by atoms with Crippen LogP contribution in [0.1, 0.15) is 34.2 Å². The van der Waals surface area contributed by atoms with Gasteiger partial charge in [-0.1, -0.05) is 6.07 Å².